The molecule has 0 saturated carbocycles. The van der Waals surface area contributed by atoms with E-state index in [4.69, 9.17) is 4.74 Å². The first-order chi connectivity index (χ1) is 14.2. The van der Waals surface area contributed by atoms with Gasteiger partial charge in [-0.1, -0.05) is 30.3 Å². The van der Waals surface area contributed by atoms with Gasteiger partial charge in [-0.05, 0) is 36.2 Å². The molecule has 0 aliphatic rings. The van der Waals surface area contributed by atoms with E-state index in [1.165, 1.54) is 24.3 Å². The lowest BCUT2D eigenvalue weighted by Gasteiger charge is -2.09. The Bertz CT molecular complexity index is 1020. The maximum atomic E-state index is 12.2. The molecule has 0 atom stereocenters. The SMILES string of the molecule is COCCCNS(=O)(=O)c1ccc(NC(=O)CCS(=O)(=O)Cc2ccccc2)cc1. The molecule has 0 spiro atoms. The molecule has 0 saturated heterocycles. The lowest BCUT2D eigenvalue weighted by molar-refractivity contribution is -0.115. The highest BCUT2D eigenvalue weighted by molar-refractivity contribution is 7.90. The fraction of sp³-hybridized carbons (Fsp3) is 0.350. The van der Waals surface area contributed by atoms with E-state index >= 15 is 0 Å². The van der Waals surface area contributed by atoms with E-state index in [1.807, 2.05) is 0 Å². The number of sulfone groups is 1. The van der Waals surface area contributed by atoms with Crippen LogP contribution in [0.5, 0.6) is 0 Å². The molecule has 2 aromatic carbocycles. The van der Waals surface area contributed by atoms with Crippen molar-refractivity contribution in [1.29, 1.82) is 0 Å². The second-order valence-corrected chi connectivity index (χ2v) is 10.6. The first-order valence-electron chi connectivity index (χ1n) is 9.35. The number of carbonyl (C=O) groups excluding carboxylic acids is 1. The number of anilines is 1. The van der Waals surface area contributed by atoms with Crippen LogP contribution in [0.3, 0.4) is 0 Å². The molecule has 0 bridgehead atoms. The Hall–Kier alpha value is -2.27. The monoisotopic (exact) mass is 454 g/mol. The van der Waals surface area contributed by atoms with Gasteiger partial charge in [-0.3, -0.25) is 4.79 Å². The van der Waals surface area contributed by atoms with Crippen molar-refractivity contribution in [3.63, 3.8) is 0 Å². The Kier molecular flexibility index (Phi) is 8.97. The van der Waals surface area contributed by atoms with E-state index < -0.39 is 25.8 Å². The van der Waals surface area contributed by atoms with Gasteiger partial charge < -0.3 is 10.1 Å². The van der Waals surface area contributed by atoms with E-state index in [0.717, 1.165) is 0 Å². The lowest BCUT2D eigenvalue weighted by Crippen LogP contribution is -2.25. The predicted molar refractivity (Wildman–Crippen MR) is 115 cm³/mol. The van der Waals surface area contributed by atoms with Crippen molar-refractivity contribution in [3.05, 3.63) is 60.2 Å². The Morgan fingerprint density at radius 2 is 1.63 bits per heavy atom. The molecule has 0 radical (unpaired) electrons. The second kappa shape index (κ2) is 11.2. The van der Waals surface area contributed by atoms with Gasteiger partial charge in [0.2, 0.25) is 15.9 Å². The van der Waals surface area contributed by atoms with Gasteiger partial charge in [-0.25, -0.2) is 21.6 Å². The third-order valence-electron chi connectivity index (χ3n) is 4.14. The number of hydrogen-bond donors (Lipinski definition) is 2. The highest BCUT2D eigenvalue weighted by atomic mass is 32.2. The molecule has 1 amide bonds. The van der Waals surface area contributed by atoms with E-state index in [9.17, 15) is 21.6 Å². The molecule has 10 heteroatoms. The molecule has 164 valence electrons. The van der Waals surface area contributed by atoms with Gasteiger partial charge in [0.25, 0.3) is 0 Å². The topological polar surface area (TPSA) is 119 Å². The van der Waals surface area contributed by atoms with Crippen molar-refractivity contribution in [2.24, 2.45) is 0 Å². The summed E-state index contributed by atoms with van der Waals surface area (Å²) in [6.07, 6.45) is 0.368. The molecule has 2 N–H and O–H groups in total. The Morgan fingerprint density at radius 3 is 2.27 bits per heavy atom. The number of amides is 1. The Morgan fingerprint density at radius 1 is 0.967 bits per heavy atom. The summed E-state index contributed by atoms with van der Waals surface area (Å²) in [6, 6.07) is 14.4. The largest absolute Gasteiger partial charge is 0.385 e. The maximum absolute atomic E-state index is 12.2. The number of sulfonamides is 1. The summed E-state index contributed by atoms with van der Waals surface area (Å²) >= 11 is 0. The van der Waals surface area contributed by atoms with Crippen LogP contribution in [0.1, 0.15) is 18.4 Å². The van der Waals surface area contributed by atoms with Gasteiger partial charge in [0.15, 0.2) is 9.84 Å². The van der Waals surface area contributed by atoms with Crippen LogP contribution in [0.4, 0.5) is 5.69 Å². The zero-order valence-electron chi connectivity index (χ0n) is 16.7. The summed E-state index contributed by atoms with van der Waals surface area (Å²) in [4.78, 5) is 12.2. The molecular weight excluding hydrogens is 428 g/mol. The van der Waals surface area contributed by atoms with Gasteiger partial charge in [0.05, 0.1) is 16.4 Å². The van der Waals surface area contributed by atoms with Crippen LogP contribution in [-0.2, 0) is 35.1 Å². The van der Waals surface area contributed by atoms with Gasteiger partial charge >= 0.3 is 0 Å². The van der Waals surface area contributed by atoms with Crippen molar-refractivity contribution >= 4 is 31.5 Å². The van der Waals surface area contributed by atoms with Crippen LogP contribution < -0.4 is 10.0 Å². The average Bonchev–Trinajstić information content (AvgIpc) is 2.71. The summed E-state index contributed by atoms with van der Waals surface area (Å²) in [5, 5.41) is 2.58. The minimum absolute atomic E-state index is 0.0726. The van der Waals surface area contributed by atoms with Crippen LogP contribution in [0.15, 0.2) is 59.5 Å². The first-order valence-corrected chi connectivity index (χ1v) is 12.7. The zero-order valence-corrected chi connectivity index (χ0v) is 18.3. The van der Waals surface area contributed by atoms with E-state index in [0.29, 0.717) is 24.3 Å². The van der Waals surface area contributed by atoms with Crippen molar-refractivity contribution < 1.29 is 26.4 Å². The number of ether oxygens (including phenoxy) is 1. The van der Waals surface area contributed by atoms with Gasteiger partial charge in [0, 0.05) is 32.4 Å². The molecular formula is C20H26N2O6S2. The number of benzene rings is 2. The number of hydrogen-bond acceptors (Lipinski definition) is 6. The van der Waals surface area contributed by atoms with Crippen LogP contribution in [0, 0.1) is 0 Å². The molecule has 8 nitrogen and oxygen atoms in total. The molecule has 0 heterocycles. The lowest BCUT2D eigenvalue weighted by atomic mass is 10.2. The number of nitrogens with one attached hydrogen (secondary N) is 2. The summed E-state index contributed by atoms with van der Waals surface area (Å²) in [5.41, 5.74) is 1.06. The highest BCUT2D eigenvalue weighted by Crippen LogP contribution is 2.15. The van der Waals surface area contributed by atoms with Gasteiger partial charge in [-0.15, -0.1) is 0 Å². The van der Waals surface area contributed by atoms with Gasteiger partial charge in [0.1, 0.15) is 0 Å². The predicted octanol–water partition coefficient (Wildman–Crippen LogP) is 1.95. The summed E-state index contributed by atoms with van der Waals surface area (Å²) in [5.74, 6) is -0.851. The van der Waals surface area contributed by atoms with E-state index in [-0.39, 0.29) is 29.4 Å². The fourth-order valence-electron chi connectivity index (χ4n) is 2.60. The second-order valence-electron chi connectivity index (χ2n) is 6.64. The van der Waals surface area contributed by atoms with E-state index in [1.54, 1.807) is 37.4 Å². The molecule has 0 aromatic heterocycles. The van der Waals surface area contributed by atoms with E-state index in [2.05, 4.69) is 10.0 Å². The minimum Gasteiger partial charge on any atom is -0.385 e. The smallest absolute Gasteiger partial charge is 0.240 e. The normalized spacial score (nSPS) is 11.9. The molecule has 0 aliphatic heterocycles. The third kappa shape index (κ3) is 8.23. The van der Waals surface area contributed by atoms with Crippen molar-refractivity contribution in [3.8, 4) is 0 Å². The zero-order chi connectivity index (χ0) is 22.0. The summed E-state index contributed by atoms with van der Waals surface area (Å²) < 4.78 is 56.1. The third-order valence-corrected chi connectivity index (χ3v) is 7.21. The van der Waals surface area contributed by atoms with Crippen LogP contribution in [0.25, 0.3) is 0 Å². The van der Waals surface area contributed by atoms with Gasteiger partial charge in [-0.2, -0.15) is 0 Å². The number of rotatable bonds is 12. The van der Waals surface area contributed by atoms with Crippen molar-refractivity contribution in [2.75, 3.05) is 31.3 Å². The fourth-order valence-corrected chi connectivity index (χ4v) is 5.01. The molecule has 0 fully saturated rings. The Labute approximate surface area is 177 Å². The Balaban J connectivity index is 1.85. The average molecular weight is 455 g/mol. The number of methoxy groups -OCH3 is 1. The van der Waals surface area contributed by atoms with Crippen molar-refractivity contribution in [2.45, 2.75) is 23.5 Å². The molecule has 0 unspecified atom stereocenters. The highest BCUT2D eigenvalue weighted by Gasteiger charge is 2.16. The minimum atomic E-state index is -3.64. The molecule has 30 heavy (non-hydrogen) atoms. The van der Waals surface area contributed by atoms with Crippen LogP contribution >= 0.6 is 0 Å². The first kappa shape index (κ1) is 24.0. The quantitative estimate of drug-likeness (QED) is 0.473. The van der Waals surface area contributed by atoms with Crippen LogP contribution in [0.2, 0.25) is 0 Å². The summed E-state index contributed by atoms with van der Waals surface area (Å²) in [6.45, 7) is 0.709. The molecule has 2 aromatic rings. The number of carbonyl (C=O) groups is 1. The summed E-state index contributed by atoms with van der Waals surface area (Å²) in [7, 11) is -5.52. The molecule has 0 aliphatic carbocycles. The van der Waals surface area contributed by atoms with Crippen molar-refractivity contribution in [1.82, 2.24) is 4.72 Å². The van der Waals surface area contributed by atoms with Crippen LogP contribution in [-0.4, -0.2) is 48.8 Å². The maximum Gasteiger partial charge on any atom is 0.240 e. The molecule has 2 rings (SSSR count). The standard InChI is InChI=1S/C20H26N2O6S2/c1-28-14-5-13-21-30(26,27)19-10-8-18(9-11-19)22-20(23)12-15-29(24,25)16-17-6-3-2-4-7-17/h2-4,6-11,21H,5,12-16H2,1H3,(H,22,23).